The Bertz CT molecular complexity index is 108. The largest absolute Gasteiger partial charge is 0.481 e. The van der Waals surface area contributed by atoms with Crippen LogP contribution in [0.25, 0.3) is 0 Å². The molecule has 0 radical (unpaired) electrons. The van der Waals surface area contributed by atoms with Crippen molar-refractivity contribution in [3.05, 3.63) is 0 Å². The fraction of sp³-hybridized carbons (Fsp3) is 0.875. The highest BCUT2D eigenvalue weighted by Gasteiger charge is 2.19. The zero-order valence-electron chi connectivity index (χ0n) is 6.92. The van der Waals surface area contributed by atoms with Crippen LogP contribution in [0.3, 0.4) is 0 Å². The average molecular weight is 144 g/mol. The highest BCUT2D eigenvalue weighted by Crippen LogP contribution is 2.16. The Labute approximate surface area is 62.2 Å². The van der Waals surface area contributed by atoms with Gasteiger partial charge in [0.1, 0.15) is 0 Å². The van der Waals surface area contributed by atoms with Crippen molar-refractivity contribution in [1.82, 2.24) is 0 Å². The van der Waals surface area contributed by atoms with Gasteiger partial charge in [-0.1, -0.05) is 27.2 Å². The Morgan fingerprint density at radius 2 is 2.00 bits per heavy atom. The lowest BCUT2D eigenvalue weighted by Gasteiger charge is -2.13. The molecule has 0 spiro atoms. The van der Waals surface area contributed by atoms with E-state index in [-0.39, 0.29) is 11.8 Å². The van der Waals surface area contributed by atoms with Gasteiger partial charge in [0.05, 0.1) is 5.92 Å². The van der Waals surface area contributed by atoms with Crippen LogP contribution in [0.2, 0.25) is 0 Å². The molecule has 0 rings (SSSR count). The third kappa shape index (κ3) is 2.85. The number of carbonyl (C=O) groups is 1. The maximum atomic E-state index is 10.5. The maximum absolute atomic E-state index is 10.5. The maximum Gasteiger partial charge on any atom is 0.306 e. The van der Waals surface area contributed by atoms with Crippen LogP contribution in [0.15, 0.2) is 0 Å². The summed E-state index contributed by atoms with van der Waals surface area (Å²) in [6.07, 6.45) is 1.75. The predicted molar refractivity (Wildman–Crippen MR) is 40.9 cm³/mol. The molecule has 0 unspecified atom stereocenters. The molecule has 1 atom stereocenters. The minimum atomic E-state index is -0.656. The summed E-state index contributed by atoms with van der Waals surface area (Å²) in [4.78, 5) is 10.5. The van der Waals surface area contributed by atoms with E-state index in [0.29, 0.717) is 0 Å². The first kappa shape index (κ1) is 9.47. The van der Waals surface area contributed by atoms with Gasteiger partial charge in [-0.25, -0.2) is 0 Å². The van der Waals surface area contributed by atoms with E-state index in [9.17, 15) is 4.79 Å². The molecule has 0 aromatic carbocycles. The zero-order chi connectivity index (χ0) is 8.15. The predicted octanol–water partition coefficient (Wildman–Crippen LogP) is 2.14. The Morgan fingerprint density at radius 3 is 2.10 bits per heavy atom. The summed E-state index contributed by atoms with van der Waals surface area (Å²) in [7, 11) is 0. The lowest BCUT2D eigenvalue weighted by Crippen LogP contribution is -2.19. The smallest absolute Gasteiger partial charge is 0.306 e. The van der Waals surface area contributed by atoms with Crippen LogP contribution in [0, 0.1) is 11.8 Å². The van der Waals surface area contributed by atoms with Crippen LogP contribution in [0.5, 0.6) is 0 Å². The van der Waals surface area contributed by atoms with Crippen LogP contribution in [0.1, 0.15) is 33.6 Å². The van der Waals surface area contributed by atoms with E-state index in [1.165, 1.54) is 0 Å². The zero-order valence-corrected chi connectivity index (χ0v) is 6.92. The molecule has 0 aromatic rings. The lowest BCUT2D eigenvalue weighted by molar-refractivity contribution is -0.143. The van der Waals surface area contributed by atoms with Crippen molar-refractivity contribution >= 4 is 5.97 Å². The van der Waals surface area contributed by atoms with Gasteiger partial charge in [0, 0.05) is 0 Å². The molecule has 0 saturated carbocycles. The van der Waals surface area contributed by atoms with E-state index in [4.69, 9.17) is 5.11 Å². The summed E-state index contributed by atoms with van der Waals surface area (Å²) in [6, 6.07) is 0. The van der Waals surface area contributed by atoms with E-state index in [1.807, 2.05) is 20.8 Å². The number of carboxylic acids is 1. The van der Waals surface area contributed by atoms with Gasteiger partial charge in [0.15, 0.2) is 0 Å². The molecule has 0 heterocycles. The first-order valence-corrected chi connectivity index (χ1v) is 3.82. The molecule has 0 aliphatic rings. The standard InChI is InChI=1S/C8H16O2/c1-4-5-7(6(2)3)8(9)10/h6-7H,4-5H2,1-3H3,(H,9,10)/t7-/m1/s1. The monoisotopic (exact) mass is 144 g/mol. The van der Waals surface area contributed by atoms with E-state index >= 15 is 0 Å². The second kappa shape index (κ2) is 4.31. The van der Waals surface area contributed by atoms with Gasteiger partial charge in [-0.2, -0.15) is 0 Å². The quantitative estimate of drug-likeness (QED) is 0.656. The SMILES string of the molecule is CCC[C@@H](C(=O)O)C(C)C. The van der Waals surface area contributed by atoms with Crippen LogP contribution < -0.4 is 0 Å². The molecule has 60 valence electrons. The first-order valence-electron chi connectivity index (χ1n) is 3.82. The molecular weight excluding hydrogens is 128 g/mol. The highest BCUT2D eigenvalue weighted by molar-refractivity contribution is 5.70. The normalized spacial score (nSPS) is 13.6. The summed E-state index contributed by atoms with van der Waals surface area (Å²) in [6.45, 7) is 5.92. The highest BCUT2D eigenvalue weighted by atomic mass is 16.4. The van der Waals surface area contributed by atoms with Gasteiger partial charge in [0.25, 0.3) is 0 Å². The molecule has 1 N–H and O–H groups in total. The molecule has 0 aromatic heterocycles. The topological polar surface area (TPSA) is 37.3 Å². The van der Waals surface area contributed by atoms with Crippen LogP contribution in [-0.4, -0.2) is 11.1 Å². The van der Waals surface area contributed by atoms with E-state index in [1.54, 1.807) is 0 Å². The summed E-state index contributed by atoms with van der Waals surface area (Å²) >= 11 is 0. The summed E-state index contributed by atoms with van der Waals surface area (Å²) in [5, 5.41) is 8.67. The Balaban J connectivity index is 3.85. The minimum absolute atomic E-state index is 0.148. The number of hydrogen-bond acceptors (Lipinski definition) is 1. The first-order chi connectivity index (χ1) is 4.59. The Kier molecular flexibility index (Phi) is 4.08. The van der Waals surface area contributed by atoms with Gasteiger partial charge in [-0.15, -0.1) is 0 Å². The van der Waals surface area contributed by atoms with Gasteiger partial charge < -0.3 is 5.11 Å². The van der Waals surface area contributed by atoms with Gasteiger partial charge in [0.2, 0.25) is 0 Å². The fourth-order valence-corrected chi connectivity index (χ4v) is 1.05. The number of aliphatic carboxylic acids is 1. The molecule has 0 aliphatic heterocycles. The Morgan fingerprint density at radius 1 is 1.50 bits per heavy atom. The average Bonchev–Trinajstić information content (AvgIpc) is 1.81. The number of carboxylic acid groups (broad SMARTS) is 1. The van der Waals surface area contributed by atoms with Crippen molar-refractivity contribution < 1.29 is 9.90 Å². The summed E-state index contributed by atoms with van der Waals surface area (Å²) in [5.74, 6) is -0.542. The molecule has 0 aliphatic carbocycles. The Hall–Kier alpha value is -0.530. The third-order valence-corrected chi connectivity index (χ3v) is 1.72. The van der Waals surface area contributed by atoms with Crippen molar-refractivity contribution in [2.75, 3.05) is 0 Å². The van der Waals surface area contributed by atoms with E-state index < -0.39 is 5.97 Å². The van der Waals surface area contributed by atoms with Gasteiger partial charge >= 0.3 is 5.97 Å². The molecule has 0 saturated heterocycles. The second-order valence-electron chi connectivity index (χ2n) is 2.98. The molecular formula is C8H16O2. The van der Waals surface area contributed by atoms with Crippen molar-refractivity contribution in [1.29, 1.82) is 0 Å². The van der Waals surface area contributed by atoms with Crippen molar-refractivity contribution in [3.8, 4) is 0 Å². The van der Waals surface area contributed by atoms with Gasteiger partial charge in [-0.3, -0.25) is 4.79 Å². The van der Waals surface area contributed by atoms with Crippen molar-refractivity contribution in [2.24, 2.45) is 11.8 Å². The molecule has 2 heteroatoms. The molecule has 0 amide bonds. The molecule has 0 bridgehead atoms. The van der Waals surface area contributed by atoms with E-state index in [2.05, 4.69) is 0 Å². The van der Waals surface area contributed by atoms with E-state index in [0.717, 1.165) is 12.8 Å². The number of rotatable bonds is 4. The molecule has 0 fully saturated rings. The lowest BCUT2D eigenvalue weighted by atomic mass is 9.92. The van der Waals surface area contributed by atoms with Crippen molar-refractivity contribution in [2.45, 2.75) is 33.6 Å². The molecule has 2 nitrogen and oxygen atoms in total. The summed E-state index contributed by atoms with van der Waals surface area (Å²) in [5.41, 5.74) is 0. The fourth-order valence-electron chi connectivity index (χ4n) is 1.05. The molecule has 10 heavy (non-hydrogen) atoms. The van der Waals surface area contributed by atoms with Crippen molar-refractivity contribution in [3.63, 3.8) is 0 Å². The van der Waals surface area contributed by atoms with Crippen LogP contribution in [0.4, 0.5) is 0 Å². The summed E-state index contributed by atoms with van der Waals surface area (Å²) < 4.78 is 0. The third-order valence-electron chi connectivity index (χ3n) is 1.72. The number of hydrogen-bond donors (Lipinski definition) is 1. The minimum Gasteiger partial charge on any atom is -0.481 e. The van der Waals surface area contributed by atoms with Crippen LogP contribution in [-0.2, 0) is 4.79 Å². The second-order valence-corrected chi connectivity index (χ2v) is 2.98. The van der Waals surface area contributed by atoms with Gasteiger partial charge in [-0.05, 0) is 12.3 Å². The van der Waals surface area contributed by atoms with Crippen LogP contribution >= 0.6 is 0 Å².